The average molecular weight is 369 g/mol. The van der Waals surface area contributed by atoms with Crippen molar-refractivity contribution in [2.75, 3.05) is 11.1 Å². The molecule has 1 amide bonds. The lowest BCUT2D eigenvalue weighted by atomic mass is 9.97. The summed E-state index contributed by atoms with van der Waals surface area (Å²) >= 11 is 1.63. The largest absolute Gasteiger partial charge is 0.384 e. The predicted molar refractivity (Wildman–Crippen MR) is 102 cm³/mol. The van der Waals surface area contributed by atoms with Gasteiger partial charge in [-0.3, -0.25) is 14.2 Å². The average Bonchev–Trinajstić information content (AvgIpc) is 3.02. The number of anilines is 2. The van der Waals surface area contributed by atoms with E-state index < -0.39 is 0 Å². The molecule has 0 bridgehead atoms. The number of nitrogens with one attached hydrogen (secondary N) is 1. The van der Waals surface area contributed by atoms with Gasteiger partial charge in [0.1, 0.15) is 10.6 Å². The third-order valence-electron chi connectivity index (χ3n) is 4.59. The molecule has 4 rings (SSSR count). The van der Waals surface area contributed by atoms with E-state index in [-0.39, 0.29) is 17.9 Å². The van der Waals surface area contributed by atoms with Crippen molar-refractivity contribution < 1.29 is 4.79 Å². The molecule has 8 heteroatoms. The molecule has 3 aromatic heterocycles. The zero-order valence-electron chi connectivity index (χ0n) is 14.2. The molecule has 3 aromatic rings. The van der Waals surface area contributed by atoms with E-state index in [0.29, 0.717) is 18.1 Å². The van der Waals surface area contributed by atoms with Gasteiger partial charge in [0.25, 0.3) is 5.56 Å². The van der Waals surface area contributed by atoms with Crippen molar-refractivity contribution in [3.63, 3.8) is 0 Å². The SMILES string of the molecule is Nc1ccc(NC(=O)CCn2cnc3sc4c(c3c2=O)CCCC4)cn1. The fourth-order valence-corrected chi connectivity index (χ4v) is 4.48. The Morgan fingerprint density at radius 3 is 2.92 bits per heavy atom. The zero-order valence-corrected chi connectivity index (χ0v) is 15.0. The highest BCUT2D eigenvalue weighted by molar-refractivity contribution is 7.18. The molecule has 0 saturated carbocycles. The first-order valence-electron chi connectivity index (χ1n) is 8.63. The fraction of sp³-hybridized carbons (Fsp3) is 0.333. The van der Waals surface area contributed by atoms with Crippen molar-refractivity contribution in [1.29, 1.82) is 0 Å². The van der Waals surface area contributed by atoms with Crippen molar-refractivity contribution in [2.24, 2.45) is 0 Å². The maximum Gasteiger partial charge on any atom is 0.262 e. The van der Waals surface area contributed by atoms with Gasteiger partial charge in [0.2, 0.25) is 5.91 Å². The highest BCUT2D eigenvalue weighted by Crippen LogP contribution is 2.33. The fourth-order valence-electron chi connectivity index (χ4n) is 3.27. The Balaban J connectivity index is 1.50. The summed E-state index contributed by atoms with van der Waals surface area (Å²) in [5, 5.41) is 3.50. The van der Waals surface area contributed by atoms with E-state index in [2.05, 4.69) is 15.3 Å². The van der Waals surface area contributed by atoms with Crippen molar-refractivity contribution in [3.8, 4) is 0 Å². The molecule has 0 fully saturated rings. The lowest BCUT2D eigenvalue weighted by Gasteiger charge is -2.10. The number of pyridine rings is 1. The van der Waals surface area contributed by atoms with Gasteiger partial charge in [-0.15, -0.1) is 11.3 Å². The Kier molecular flexibility index (Phi) is 4.42. The molecule has 3 N–H and O–H groups in total. The predicted octanol–water partition coefficient (Wildman–Crippen LogP) is 2.34. The van der Waals surface area contributed by atoms with Gasteiger partial charge in [-0.2, -0.15) is 0 Å². The Hall–Kier alpha value is -2.74. The monoisotopic (exact) mass is 369 g/mol. The van der Waals surface area contributed by atoms with Crippen LogP contribution in [0.15, 0.2) is 29.5 Å². The molecular formula is C18H19N5O2S. The Bertz CT molecular complexity index is 1020. The molecule has 0 aliphatic heterocycles. The van der Waals surface area contributed by atoms with Crippen LogP contribution in [0, 0.1) is 0 Å². The molecule has 134 valence electrons. The number of aryl methyl sites for hydroxylation is 3. The number of aromatic nitrogens is 3. The van der Waals surface area contributed by atoms with E-state index in [1.165, 1.54) is 27.6 Å². The summed E-state index contributed by atoms with van der Waals surface area (Å²) in [7, 11) is 0. The van der Waals surface area contributed by atoms with E-state index in [1.807, 2.05) is 0 Å². The quantitative estimate of drug-likeness (QED) is 0.735. The number of hydrogen-bond acceptors (Lipinski definition) is 6. The summed E-state index contributed by atoms with van der Waals surface area (Å²) in [6, 6.07) is 3.31. The number of carbonyl (C=O) groups excluding carboxylic acids is 1. The van der Waals surface area contributed by atoms with Crippen LogP contribution in [-0.2, 0) is 24.2 Å². The minimum atomic E-state index is -0.184. The van der Waals surface area contributed by atoms with Crippen molar-refractivity contribution >= 4 is 39.0 Å². The lowest BCUT2D eigenvalue weighted by Crippen LogP contribution is -2.24. The third-order valence-corrected chi connectivity index (χ3v) is 5.79. The summed E-state index contributed by atoms with van der Waals surface area (Å²) in [5.41, 5.74) is 7.23. The molecule has 7 nitrogen and oxygen atoms in total. The van der Waals surface area contributed by atoms with E-state index in [9.17, 15) is 9.59 Å². The molecular weight excluding hydrogens is 350 g/mol. The maximum absolute atomic E-state index is 12.8. The highest BCUT2D eigenvalue weighted by atomic mass is 32.1. The summed E-state index contributed by atoms with van der Waals surface area (Å²) in [6.45, 7) is 0.292. The lowest BCUT2D eigenvalue weighted by molar-refractivity contribution is -0.116. The molecule has 0 aromatic carbocycles. The van der Waals surface area contributed by atoms with Gasteiger partial charge in [-0.1, -0.05) is 0 Å². The number of thiophene rings is 1. The summed E-state index contributed by atoms with van der Waals surface area (Å²) in [6.07, 6.45) is 7.51. The standard InChI is InChI=1S/C18H19N5O2S/c19-14-6-5-11(9-20-14)22-15(24)7-8-23-10-21-17-16(18(23)25)12-3-1-2-4-13(12)26-17/h5-6,9-10H,1-4,7-8H2,(H2,19,20)(H,22,24). The zero-order chi connectivity index (χ0) is 18.1. The third kappa shape index (κ3) is 3.20. The first kappa shape index (κ1) is 16.7. The number of nitrogen functional groups attached to an aromatic ring is 1. The number of rotatable bonds is 4. The van der Waals surface area contributed by atoms with Crippen LogP contribution in [0.25, 0.3) is 10.2 Å². The van der Waals surface area contributed by atoms with Gasteiger partial charge >= 0.3 is 0 Å². The van der Waals surface area contributed by atoms with Gasteiger partial charge in [-0.05, 0) is 43.4 Å². The molecule has 26 heavy (non-hydrogen) atoms. The van der Waals surface area contributed by atoms with Crippen molar-refractivity contribution in [1.82, 2.24) is 14.5 Å². The molecule has 0 atom stereocenters. The second-order valence-electron chi connectivity index (χ2n) is 6.40. The Morgan fingerprint density at radius 1 is 1.27 bits per heavy atom. The van der Waals surface area contributed by atoms with Crippen LogP contribution >= 0.6 is 11.3 Å². The summed E-state index contributed by atoms with van der Waals surface area (Å²) in [5.74, 6) is 0.212. The number of carbonyl (C=O) groups is 1. The Labute approximate surface area is 153 Å². The van der Waals surface area contributed by atoms with Crippen molar-refractivity contribution in [3.05, 3.63) is 45.5 Å². The van der Waals surface area contributed by atoms with E-state index in [0.717, 1.165) is 29.5 Å². The molecule has 0 radical (unpaired) electrons. The molecule has 1 aliphatic carbocycles. The van der Waals surface area contributed by atoms with E-state index in [1.54, 1.807) is 29.8 Å². The van der Waals surface area contributed by atoms with Gasteiger partial charge in [0.15, 0.2) is 0 Å². The molecule has 0 spiro atoms. The van der Waals surface area contributed by atoms with Crippen LogP contribution in [0.5, 0.6) is 0 Å². The van der Waals surface area contributed by atoms with E-state index in [4.69, 9.17) is 5.73 Å². The number of nitrogens with zero attached hydrogens (tertiary/aromatic N) is 3. The second-order valence-corrected chi connectivity index (χ2v) is 7.49. The van der Waals surface area contributed by atoms with Crippen LogP contribution in [0.1, 0.15) is 29.7 Å². The number of fused-ring (bicyclic) bond motifs is 3. The van der Waals surface area contributed by atoms with Crippen LogP contribution in [0.4, 0.5) is 11.5 Å². The van der Waals surface area contributed by atoms with Gasteiger partial charge in [-0.25, -0.2) is 9.97 Å². The number of hydrogen-bond donors (Lipinski definition) is 2. The van der Waals surface area contributed by atoms with Crippen molar-refractivity contribution in [2.45, 2.75) is 38.6 Å². The summed E-state index contributed by atoms with van der Waals surface area (Å²) in [4.78, 5) is 35.5. The van der Waals surface area contributed by atoms with Gasteiger partial charge in [0.05, 0.1) is 23.6 Å². The highest BCUT2D eigenvalue weighted by Gasteiger charge is 2.20. The second kappa shape index (κ2) is 6.87. The van der Waals surface area contributed by atoms with E-state index >= 15 is 0 Å². The first-order valence-corrected chi connectivity index (χ1v) is 9.44. The van der Waals surface area contributed by atoms with Gasteiger partial charge in [0, 0.05) is 17.8 Å². The molecule has 3 heterocycles. The number of amides is 1. The summed E-state index contributed by atoms with van der Waals surface area (Å²) < 4.78 is 1.53. The normalized spacial score (nSPS) is 13.5. The minimum absolute atomic E-state index is 0.0450. The van der Waals surface area contributed by atoms with Crippen LogP contribution in [0.3, 0.4) is 0 Å². The first-order chi connectivity index (χ1) is 12.6. The smallest absolute Gasteiger partial charge is 0.262 e. The van der Waals surface area contributed by atoms with Crippen LogP contribution < -0.4 is 16.6 Å². The molecule has 0 unspecified atom stereocenters. The van der Waals surface area contributed by atoms with Gasteiger partial charge < -0.3 is 11.1 Å². The maximum atomic E-state index is 12.8. The van der Waals surface area contributed by atoms with Crippen LogP contribution in [0.2, 0.25) is 0 Å². The molecule has 0 saturated heterocycles. The van der Waals surface area contributed by atoms with Crippen LogP contribution in [-0.4, -0.2) is 20.4 Å². The minimum Gasteiger partial charge on any atom is -0.384 e. The number of nitrogens with two attached hydrogens (primary N) is 1. The molecule has 1 aliphatic rings. The Morgan fingerprint density at radius 2 is 2.12 bits per heavy atom. The topological polar surface area (TPSA) is 103 Å².